The molecular formula is C37H26O4. The smallest absolute Gasteiger partial charge is 0.194 e. The number of para-hydroxylation sites is 1. The molecule has 2 heterocycles. The lowest BCUT2D eigenvalue weighted by Crippen LogP contribution is -2.28. The van der Waals surface area contributed by atoms with Crippen LogP contribution in [0.25, 0.3) is 28.2 Å². The van der Waals surface area contributed by atoms with Crippen molar-refractivity contribution in [3.8, 4) is 16.9 Å². The molecule has 8 rings (SSSR count). The minimum atomic E-state index is -0.290. The van der Waals surface area contributed by atoms with Gasteiger partial charge in [-0.25, -0.2) is 0 Å². The Hall–Kier alpha value is -5.18. The van der Waals surface area contributed by atoms with Crippen molar-refractivity contribution in [2.45, 2.75) is 25.4 Å². The van der Waals surface area contributed by atoms with Gasteiger partial charge in [0.1, 0.15) is 11.3 Å². The number of hydrogen-bond acceptors (Lipinski definition) is 4. The third kappa shape index (κ3) is 3.62. The van der Waals surface area contributed by atoms with Crippen LogP contribution in [0.5, 0.6) is 5.75 Å². The summed E-state index contributed by atoms with van der Waals surface area (Å²) < 4.78 is 12.8. The summed E-state index contributed by atoms with van der Waals surface area (Å²) >= 11 is 0. The van der Waals surface area contributed by atoms with Crippen molar-refractivity contribution in [1.29, 1.82) is 0 Å². The molecule has 0 N–H and O–H groups in total. The van der Waals surface area contributed by atoms with Gasteiger partial charge in [0.05, 0.1) is 5.41 Å². The zero-order chi connectivity index (χ0) is 28.3. The van der Waals surface area contributed by atoms with E-state index < -0.39 is 0 Å². The highest BCUT2D eigenvalue weighted by atomic mass is 16.5. The first-order valence-electron chi connectivity index (χ1n) is 13.6. The zero-order valence-electron chi connectivity index (χ0n) is 22.7. The first-order valence-corrected chi connectivity index (χ1v) is 13.6. The van der Waals surface area contributed by atoms with E-state index in [1.807, 2.05) is 49.4 Å². The van der Waals surface area contributed by atoms with Crippen molar-refractivity contribution >= 4 is 28.6 Å². The van der Waals surface area contributed by atoms with Gasteiger partial charge in [-0.2, -0.15) is 0 Å². The minimum absolute atomic E-state index is 0.109. The van der Waals surface area contributed by atoms with Gasteiger partial charge in [0.25, 0.3) is 0 Å². The molecule has 2 unspecified atom stereocenters. The first kappa shape index (κ1) is 24.8. The van der Waals surface area contributed by atoms with Crippen LogP contribution in [-0.2, 0) is 5.41 Å². The molecule has 4 heteroatoms. The third-order valence-electron chi connectivity index (χ3n) is 8.31. The molecule has 0 saturated heterocycles. The van der Waals surface area contributed by atoms with Crippen LogP contribution in [-0.4, -0.2) is 11.6 Å². The Morgan fingerprint density at radius 3 is 2.22 bits per heavy atom. The highest BCUT2D eigenvalue weighted by Gasteiger charge is 2.49. The number of fused-ring (bicyclic) bond motifs is 9. The van der Waals surface area contributed by atoms with Crippen molar-refractivity contribution in [3.05, 3.63) is 149 Å². The summed E-state index contributed by atoms with van der Waals surface area (Å²) in [6, 6.07) is 26.7. The molecule has 1 aliphatic heterocycles. The highest BCUT2D eigenvalue weighted by Crippen LogP contribution is 2.55. The molecule has 198 valence electrons. The van der Waals surface area contributed by atoms with Gasteiger partial charge in [-0.15, -0.1) is 5.73 Å². The molecule has 0 saturated carbocycles. The molecule has 1 aromatic heterocycles. The maximum absolute atomic E-state index is 13.2. The topological polar surface area (TPSA) is 56.5 Å². The van der Waals surface area contributed by atoms with Gasteiger partial charge in [-0.1, -0.05) is 73.3 Å². The predicted octanol–water partition coefficient (Wildman–Crippen LogP) is 8.64. The SMILES string of the molecule is C=C=CC.CC12C=Cc3c(oc4ccc(-c5ccc6c(c5)C(=O)c5ccccc5C6=O)cc34)C1Oc1ccccc12. The van der Waals surface area contributed by atoms with Crippen molar-refractivity contribution < 1.29 is 18.7 Å². The predicted molar refractivity (Wildman–Crippen MR) is 161 cm³/mol. The van der Waals surface area contributed by atoms with Gasteiger partial charge in [0.15, 0.2) is 23.4 Å². The standard InChI is InChI=1S/C33H20O4.C4H6/c1-33-15-14-23-24-16-19(11-13-27(24)36-31(23)32(33)37-28-9-5-4-8-26(28)33)18-10-12-22-25(17-18)30(35)21-7-3-2-6-20(21)29(22)34;1-3-4-2/h2-17,32H,1H3;4H,1H2,2H3. The Labute approximate surface area is 237 Å². The van der Waals surface area contributed by atoms with Crippen molar-refractivity contribution in [1.82, 2.24) is 0 Å². The van der Waals surface area contributed by atoms with Gasteiger partial charge in [-0.05, 0) is 61.4 Å². The van der Waals surface area contributed by atoms with E-state index in [1.165, 1.54) is 0 Å². The Morgan fingerprint density at radius 1 is 0.829 bits per heavy atom. The van der Waals surface area contributed by atoms with Crippen LogP contribution in [0.1, 0.15) is 68.7 Å². The van der Waals surface area contributed by atoms with Crippen LogP contribution in [0.15, 0.2) is 114 Å². The summed E-state index contributed by atoms with van der Waals surface area (Å²) in [4.78, 5) is 26.3. The molecule has 2 atom stereocenters. The van der Waals surface area contributed by atoms with Crippen LogP contribution < -0.4 is 4.74 Å². The number of ketones is 2. The first-order chi connectivity index (χ1) is 19.9. The van der Waals surface area contributed by atoms with Crippen molar-refractivity contribution in [2.24, 2.45) is 0 Å². The molecule has 5 aromatic rings. The van der Waals surface area contributed by atoms with E-state index in [4.69, 9.17) is 9.15 Å². The number of hydrogen-bond donors (Lipinski definition) is 0. The number of rotatable bonds is 1. The lowest BCUT2D eigenvalue weighted by molar-refractivity contribution is 0.0979. The molecule has 3 aliphatic rings. The van der Waals surface area contributed by atoms with Crippen LogP contribution in [0.4, 0.5) is 0 Å². The molecule has 2 aliphatic carbocycles. The molecule has 0 spiro atoms. The molecule has 41 heavy (non-hydrogen) atoms. The number of furan rings is 1. The van der Waals surface area contributed by atoms with Gasteiger partial charge < -0.3 is 9.15 Å². The number of benzene rings is 4. The van der Waals surface area contributed by atoms with Crippen molar-refractivity contribution in [3.63, 3.8) is 0 Å². The van der Waals surface area contributed by atoms with E-state index in [0.29, 0.717) is 22.3 Å². The number of carbonyl (C=O) groups excluding carboxylic acids is 2. The number of allylic oxidation sites excluding steroid dienone is 1. The fourth-order valence-corrected chi connectivity index (χ4v) is 6.13. The maximum atomic E-state index is 13.2. The van der Waals surface area contributed by atoms with Crippen LogP contribution in [0.3, 0.4) is 0 Å². The second-order valence-electron chi connectivity index (χ2n) is 10.7. The second-order valence-corrected chi connectivity index (χ2v) is 10.7. The molecule has 4 aromatic carbocycles. The fraction of sp³-hybridized carbons (Fsp3) is 0.108. The number of ether oxygens (including phenoxy) is 1. The number of carbonyl (C=O) groups is 2. The Morgan fingerprint density at radius 2 is 1.46 bits per heavy atom. The summed E-state index contributed by atoms with van der Waals surface area (Å²) in [6.45, 7) is 7.37. The average Bonchev–Trinajstić information content (AvgIpc) is 3.54. The fourth-order valence-electron chi connectivity index (χ4n) is 6.13. The van der Waals surface area contributed by atoms with Crippen molar-refractivity contribution in [2.75, 3.05) is 0 Å². The molecule has 0 radical (unpaired) electrons. The molecule has 4 nitrogen and oxygen atoms in total. The van der Waals surface area contributed by atoms with Gasteiger partial charge in [0.2, 0.25) is 0 Å². The maximum Gasteiger partial charge on any atom is 0.194 e. The largest absolute Gasteiger partial charge is 0.481 e. The summed E-state index contributed by atoms with van der Waals surface area (Å²) in [6.07, 6.45) is 5.89. The summed E-state index contributed by atoms with van der Waals surface area (Å²) in [5.74, 6) is 1.50. The monoisotopic (exact) mass is 534 g/mol. The van der Waals surface area contributed by atoms with Gasteiger partial charge in [-0.3, -0.25) is 9.59 Å². The van der Waals surface area contributed by atoms with Gasteiger partial charge in [0, 0.05) is 38.8 Å². The molecule has 0 fully saturated rings. The van der Waals surface area contributed by atoms with Gasteiger partial charge >= 0.3 is 0 Å². The van der Waals surface area contributed by atoms with E-state index in [1.54, 1.807) is 36.4 Å². The summed E-state index contributed by atoms with van der Waals surface area (Å²) in [5, 5.41) is 0.996. The Kier molecular flexibility index (Phi) is 5.57. The zero-order valence-corrected chi connectivity index (χ0v) is 22.7. The normalized spacial score (nSPS) is 19.0. The van der Waals surface area contributed by atoms with E-state index in [0.717, 1.165) is 44.7 Å². The van der Waals surface area contributed by atoms with Crippen LogP contribution in [0, 0.1) is 0 Å². The molecular weight excluding hydrogens is 508 g/mol. The summed E-state index contributed by atoms with van der Waals surface area (Å²) in [7, 11) is 0. The van der Waals surface area contributed by atoms with E-state index >= 15 is 0 Å². The third-order valence-corrected chi connectivity index (χ3v) is 8.31. The average molecular weight is 535 g/mol. The van der Waals surface area contributed by atoms with E-state index in [2.05, 4.69) is 43.5 Å². The van der Waals surface area contributed by atoms with E-state index in [9.17, 15) is 9.59 Å². The van der Waals surface area contributed by atoms with Crippen LogP contribution >= 0.6 is 0 Å². The Balaban J connectivity index is 0.000000651. The highest BCUT2D eigenvalue weighted by molar-refractivity contribution is 6.28. The lowest BCUT2D eigenvalue weighted by Gasteiger charge is -2.29. The lowest BCUT2D eigenvalue weighted by atomic mass is 9.74. The van der Waals surface area contributed by atoms with E-state index in [-0.39, 0.29) is 23.1 Å². The van der Waals surface area contributed by atoms with Crippen LogP contribution in [0.2, 0.25) is 0 Å². The Bertz CT molecular complexity index is 2000. The molecule has 0 amide bonds. The summed E-state index contributed by atoms with van der Waals surface area (Å²) in [5.41, 5.74) is 8.90. The second kappa shape index (κ2) is 9.19. The quantitative estimate of drug-likeness (QED) is 0.198. The minimum Gasteiger partial charge on any atom is -0.481 e. The molecule has 0 bridgehead atoms.